The molecule has 1 saturated heterocycles. The zero-order chi connectivity index (χ0) is 14.6. The van der Waals surface area contributed by atoms with Crippen LogP contribution in [-0.4, -0.2) is 18.5 Å². The Balaban J connectivity index is 1.68. The number of rotatable bonds is 2. The normalized spacial score (nSPS) is 33.5. The summed E-state index contributed by atoms with van der Waals surface area (Å²) in [7, 11) is 1.65. The number of benzene rings is 1. The third-order valence-corrected chi connectivity index (χ3v) is 4.91. The Kier molecular flexibility index (Phi) is 2.64. The summed E-state index contributed by atoms with van der Waals surface area (Å²) >= 11 is 0. The molecule has 1 spiro atoms. The van der Waals surface area contributed by atoms with Gasteiger partial charge in [-0.3, -0.25) is 4.79 Å². The van der Waals surface area contributed by atoms with Crippen LogP contribution in [0.1, 0.15) is 31.4 Å². The van der Waals surface area contributed by atoms with Crippen molar-refractivity contribution in [1.82, 2.24) is 0 Å². The molecule has 3 unspecified atom stereocenters. The molecule has 0 amide bonds. The summed E-state index contributed by atoms with van der Waals surface area (Å²) in [6.45, 7) is 2.19. The fourth-order valence-electron chi connectivity index (χ4n) is 3.67. The van der Waals surface area contributed by atoms with Crippen LogP contribution in [0.2, 0.25) is 0 Å². The van der Waals surface area contributed by atoms with Crippen molar-refractivity contribution in [3.63, 3.8) is 0 Å². The Morgan fingerprint density at radius 2 is 2.14 bits per heavy atom. The van der Waals surface area contributed by atoms with Gasteiger partial charge < -0.3 is 9.47 Å². The number of para-hydroxylation sites is 1. The highest BCUT2D eigenvalue weighted by atomic mass is 16.6. The third-order valence-electron chi connectivity index (χ3n) is 4.91. The minimum Gasteiger partial charge on any atom is -0.496 e. The number of ketones is 1. The van der Waals surface area contributed by atoms with Gasteiger partial charge in [-0.2, -0.15) is 0 Å². The van der Waals surface area contributed by atoms with Gasteiger partial charge in [-0.1, -0.05) is 42.8 Å². The molecule has 0 N–H and O–H groups in total. The van der Waals surface area contributed by atoms with E-state index in [1.165, 1.54) is 5.57 Å². The molecular weight excluding hydrogens is 264 g/mol. The van der Waals surface area contributed by atoms with Crippen LogP contribution in [0.5, 0.6) is 5.75 Å². The quantitative estimate of drug-likeness (QED) is 0.781. The van der Waals surface area contributed by atoms with Crippen molar-refractivity contribution < 1.29 is 14.3 Å². The van der Waals surface area contributed by atoms with Gasteiger partial charge in [0.15, 0.2) is 11.4 Å². The number of epoxide rings is 1. The van der Waals surface area contributed by atoms with E-state index in [1.807, 2.05) is 30.3 Å². The smallest absolute Gasteiger partial charge is 0.198 e. The lowest BCUT2D eigenvalue weighted by Gasteiger charge is -2.15. The minimum atomic E-state index is -0.664. The summed E-state index contributed by atoms with van der Waals surface area (Å²) < 4.78 is 11.3. The predicted octanol–water partition coefficient (Wildman–Crippen LogP) is 3.37. The lowest BCUT2D eigenvalue weighted by molar-refractivity contribution is -0.119. The summed E-state index contributed by atoms with van der Waals surface area (Å²) in [6, 6.07) is 7.80. The van der Waals surface area contributed by atoms with E-state index in [9.17, 15) is 4.79 Å². The van der Waals surface area contributed by atoms with E-state index in [4.69, 9.17) is 9.47 Å². The molecule has 1 fully saturated rings. The molecule has 1 aliphatic heterocycles. The van der Waals surface area contributed by atoms with Gasteiger partial charge in [-0.15, -0.1) is 0 Å². The first-order valence-electron chi connectivity index (χ1n) is 7.42. The highest BCUT2D eigenvalue weighted by molar-refractivity contribution is 6.10. The summed E-state index contributed by atoms with van der Waals surface area (Å²) in [5.74, 6) is 1.38. The molecule has 21 heavy (non-hydrogen) atoms. The number of carbonyl (C=O) groups is 1. The van der Waals surface area contributed by atoms with E-state index >= 15 is 0 Å². The molecule has 0 bridgehead atoms. The van der Waals surface area contributed by atoms with Gasteiger partial charge in [0.2, 0.25) is 0 Å². The Labute approximate surface area is 124 Å². The number of allylic oxidation sites excluding steroid dienone is 2. The monoisotopic (exact) mass is 282 g/mol. The van der Waals surface area contributed by atoms with Gasteiger partial charge in [-0.05, 0) is 18.4 Å². The highest BCUT2D eigenvalue weighted by Gasteiger charge is 2.67. The maximum atomic E-state index is 12.8. The number of ether oxygens (including phenoxy) is 2. The van der Waals surface area contributed by atoms with Gasteiger partial charge in [0.05, 0.1) is 7.11 Å². The SMILES string of the molecule is COc1ccccc1C1OC12CC1=C(C=CCC1C)C2=O. The summed E-state index contributed by atoms with van der Waals surface area (Å²) in [5.41, 5.74) is 2.46. The Hall–Kier alpha value is -1.87. The molecule has 0 aromatic heterocycles. The molecule has 1 heterocycles. The maximum absolute atomic E-state index is 12.8. The summed E-state index contributed by atoms with van der Waals surface area (Å²) in [6.07, 6.45) is 5.65. The fourth-order valence-corrected chi connectivity index (χ4v) is 3.67. The minimum absolute atomic E-state index is 0.149. The predicted molar refractivity (Wildman–Crippen MR) is 79.1 cm³/mol. The fraction of sp³-hybridized carbons (Fsp3) is 0.389. The first-order chi connectivity index (χ1) is 10.2. The second-order valence-electron chi connectivity index (χ2n) is 6.11. The van der Waals surface area contributed by atoms with Gasteiger partial charge in [0, 0.05) is 17.6 Å². The van der Waals surface area contributed by atoms with Crippen LogP contribution in [-0.2, 0) is 9.53 Å². The van der Waals surface area contributed by atoms with Gasteiger partial charge in [0.25, 0.3) is 0 Å². The maximum Gasteiger partial charge on any atom is 0.198 e. The third kappa shape index (κ3) is 1.67. The Bertz CT molecular complexity index is 685. The lowest BCUT2D eigenvalue weighted by Crippen LogP contribution is -2.20. The second-order valence-corrected chi connectivity index (χ2v) is 6.11. The molecule has 3 atom stereocenters. The van der Waals surface area contributed by atoms with Crippen LogP contribution in [0.4, 0.5) is 0 Å². The Morgan fingerprint density at radius 1 is 1.33 bits per heavy atom. The van der Waals surface area contributed by atoms with Crippen molar-refractivity contribution in [2.45, 2.75) is 31.5 Å². The number of carbonyl (C=O) groups excluding carboxylic acids is 1. The first kappa shape index (κ1) is 12.8. The number of methoxy groups -OCH3 is 1. The molecular formula is C18H18O3. The van der Waals surface area contributed by atoms with Gasteiger partial charge >= 0.3 is 0 Å². The van der Waals surface area contributed by atoms with E-state index in [0.29, 0.717) is 5.92 Å². The van der Waals surface area contributed by atoms with E-state index in [1.54, 1.807) is 7.11 Å². The molecule has 3 aliphatic rings. The second kappa shape index (κ2) is 4.31. The van der Waals surface area contributed by atoms with Crippen LogP contribution in [0.25, 0.3) is 0 Å². The van der Waals surface area contributed by atoms with Crippen molar-refractivity contribution in [2.24, 2.45) is 5.92 Å². The van der Waals surface area contributed by atoms with Crippen LogP contribution in [0.15, 0.2) is 47.6 Å². The number of hydrogen-bond donors (Lipinski definition) is 0. The van der Waals surface area contributed by atoms with Crippen molar-refractivity contribution in [3.8, 4) is 5.75 Å². The topological polar surface area (TPSA) is 38.8 Å². The molecule has 2 aliphatic carbocycles. The first-order valence-corrected chi connectivity index (χ1v) is 7.42. The summed E-state index contributed by atoms with van der Waals surface area (Å²) in [5, 5.41) is 0. The lowest BCUT2D eigenvalue weighted by atomic mass is 9.89. The molecule has 3 nitrogen and oxygen atoms in total. The average Bonchev–Trinajstić information content (AvgIpc) is 3.16. The van der Waals surface area contributed by atoms with Crippen LogP contribution in [0, 0.1) is 5.92 Å². The standard InChI is InChI=1S/C18H18O3/c1-11-6-5-8-12-14(11)10-18(16(12)19)17(21-18)13-7-3-4-9-15(13)20-2/h3-5,7-9,11,17H,6,10H2,1-2H3. The summed E-state index contributed by atoms with van der Waals surface area (Å²) in [4.78, 5) is 12.8. The molecule has 1 aromatic carbocycles. The van der Waals surface area contributed by atoms with Crippen molar-refractivity contribution in [2.75, 3.05) is 7.11 Å². The van der Waals surface area contributed by atoms with E-state index in [0.717, 1.165) is 29.7 Å². The largest absolute Gasteiger partial charge is 0.496 e. The molecule has 1 aromatic rings. The molecule has 0 radical (unpaired) electrons. The molecule has 0 saturated carbocycles. The van der Waals surface area contributed by atoms with E-state index in [2.05, 4.69) is 13.0 Å². The Morgan fingerprint density at radius 3 is 2.90 bits per heavy atom. The van der Waals surface area contributed by atoms with E-state index < -0.39 is 5.60 Å². The van der Waals surface area contributed by atoms with Crippen LogP contribution >= 0.6 is 0 Å². The number of hydrogen-bond acceptors (Lipinski definition) is 3. The molecule has 4 rings (SSSR count). The zero-order valence-corrected chi connectivity index (χ0v) is 12.3. The number of Topliss-reactive ketones (excluding diaryl/α,β-unsaturated/α-hetero) is 1. The van der Waals surface area contributed by atoms with Crippen LogP contribution in [0.3, 0.4) is 0 Å². The van der Waals surface area contributed by atoms with Crippen molar-refractivity contribution in [3.05, 3.63) is 53.1 Å². The van der Waals surface area contributed by atoms with E-state index in [-0.39, 0.29) is 11.9 Å². The molecule has 108 valence electrons. The van der Waals surface area contributed by atoms with Crippen molar-refractivity contribution >= 4 is 5.78 Å². The highest BCUT2D eigenvalue weighted by Crippen LogP contribution is 2.61. The van der Waals surface area contributed by atoms with Crippen LogP contribution < -0.4 is 4.74 Å². The van der Waals surface area contributed by atoms with Crippen molar-refractivity contribution in [1.29, 1.82) is 0 Å². The van der Waals surface area contributed by atoms with Gasteiger partial charge in [0.1, 0.15) is 11.9 Å². The zero-order valence-electron chi connectivity index (χ0n) is 12.3. The average molecular weight is 282 g/mol. The molecule has 3 heteroatoms. The van der Waals surface area contributed by atoms with Gasteiger partial charge in [-0.25, -0.2) is 0 Å².